The number of benzene rings is 1. The summed E-state index contributed by atoms with van der Waals surface area (Å²) in [4.78, 5) is 20.3. The molecule has 0 spiro atoms. The molecule has 0 aliphatic heterocycles. The largest absolute Gasteiger partial charge is 0.416 e. The zero-order valence-corrected chi connectivity index (χ0v) is 16.5. The summed E-state index contributed by atoms with van der Waals surface area (Å²) in [5, 5.41) is 2.80. The summed E-state index contributed by atoms with van der Waals surface area (Å²) in [5.74, 6) is -0.309. The third-order valence-corrected chi connectivity index (χ3v) is 5.13. The molecule has 11 heteroatoms. The number of carbonyl (C=O) groups excluding carboxylic acids is 1. The Hall–Kier alpha value is -2.95. The number of rotatable bonds is 6. The fourth-order valence-corrected chi connectivity index (χ4v) is 3.62. The summed E-state index contributed by atoms with van der Waals surface area (Å²) in [6, 6.07) is 5.01. The van der Waals surface area contributed by atoms with Crippen LogP contribution in [-0.2, 0) is 30.0 Å². The van der Waals surface area contributed by atoms with Gasteiger partial charge in [0, 0.05) is 36.3 Å². The van der Waals surface area contributed by atoms with Gasteiger partial charge in [0.15, 0.2) is 5.13 Å². The molecule has 3 aromatic rings. The number of aromatic nitrogens is 2. The van der Waals surface area contributed by atoms with Gasteiger partial charge in [-0.3, -0.25) is 9.78 Å². The minimum Gasteiger partial charge on any atom is -0.302 e. The van der Waals surface area contributed by atoms with E-state index in [1.807, 2.05) is 0 Å². The van der Waals surface area contributed by atoms with E-state index >= 15 is 0 Å². The summed E-state index contributed by atoms with van der Waals surface area (Å²) in [5.41, 5.74) is -1.96. The van der Waals surface area contributed by atoms with Gasteiger partial charge in [0.2, 0.25) is 5.91 Å². The fraction of sp³-hybridized carbons (Fsp3) is 0.250. The van der Waals surface area contributed by atoms with Crippen molar-refractivity contribution in [1.29, 1.82) is 0 Å². The Morgan fingerprint density at radius 2 is 1.55 bits per heavy atom. The molecular formula is C20H15F6N3OS. The van der Waals surface area contributed by atoms with Crippen LogP contribution in [0.4, 0.5) is 31.5 Å². The quantitative estimate of drug-likeness (QED) is 0.479. The van der Waals surface area contributed by atoms with Crippen molar-refractivity contribution in [3.63, 3.8) is 0 Å². The van der Waals surface area contributed by atoms with Gasteiger partial charge in [-0.1, -0.05) is 0 Å². The number of hydrogen-bond acceptors (Lipinski definition) is 4. The Kier molecular flexibility index (Phi) is 6.63. The summed E-state index contributed by atoms with van der Waals surface area (Å²) >= 11 is 0.989. The molecule has 4 nitrogen and oxygen atoms in total. The van der Waals surface area contributed by atoms with Crippen LogP contribution in [0, 0.1) is 0 Å². The maximum absolute atomic E-state index is 13.0. The minimum atomic E-state index is -4.91. The molecule has 0 aliphatic rings. The number of aryl methyl sites for hydroxylation is 1. The van der Waals surface area contributed by atoms with Gasteiger partial charge in [-0.05, 0) is 47.9 Å². The van der Waals surface area contributed by atoms with Crippen molar-refractivity contribution in [3.8, 4) is 0 Å². The lowest BCUT2D eigenvalue weighted by Crippen LogP contribution is -2.12. The number of thiazole rings is 1. The highest BCUT2D eigenvalue weighted by Crippen LogP contribution is 2.37. The molecule has 31 heavy (non-hydrogen) atoms. The average Bonchev–Trinajstić information content (AvgIpc) is 3.12. The Morgan fingerprint density at radius 1 is 0.935 bits per heavy atom. The average molecular weight is 459 g/mol. The van der Waals surface area contributed by atoms with E-state index in [9.17, 15) is 31.1 Å². The van der Waals surface area contributed by atoms with Gasteiger partial charge in [0.05, 0.1) is 11.1 Å². The first-order valence-electron chi connectivity index (χ1n) is 8.92. The van der Waals surface area contributed by atoms with Crippen molar-refractivity contribution in [1.82, 2.24) is 9.97 Å². The molecule has 164 valence electrons. The van der Waals surface area contributed by atoms with Crippen LogP contribution in [0.2, 0.25) is 0 Å². The zero-order chi connectivity index (χ0) is 22.6. The van der Waals surface area contributed by atoms with E-state index in [0.29, 0.717) is 23.4 Å². The lowest BCUT2D eigenvalue weighted by Gasteiger charge is -2.13. The van der Waals surface area contributed by atoms with Crippen molar-refractivity contribution >= 4 is 22.4 Å². The minimum absolute atomic E-state index is 0.0879. The van der Waals surface area contributed by atoms with Crippen LogP contribution in [0.1, 0.15) is 33.6 Å². The lowest BCUT2D eigenvalue weighted by molar-refractivity contribution is -0.143. The number of nitrogens with zero attached hydrogens (tertiary/aromatic N) is 2. The molecule has 2 aromatic heterocycles. The third kappa shape index (κ3) is 6.51. The normalized spacial score (nSPS) is 12.1. The molecule has 1 aromatic carbocycles. The molecule has 0 fully saturated rings. The maximum atomic E-state index is 13.0. The van der Waals surface area contributed by atoms with Gasteiger partial charge < -0.3 is 5.32 Å². The number of hydrogen-bond donors (Lipinski definition) is 1. The molecule has 0 aliphatic carbocycles. The first kappa shape index (κ1) is 22.7. The smallest absolute Gasteiger partial charge is 0.302 e. The van der Waals surface area contributed by atoms with Crippen LogP contribution >= 0.6 is 11.3 Å². The number of amides is 1. The highest BCUT2D eigenvalue weighted by atomic mass is 32.1. The Balaban J connectivity index is 1.68. The van der Waals surface area contributed by atoms with Crippen LogP contribution in [-0.4, -0.2) is 15.9 Å². The van der Waals surface area contributed by atoms with E-state index in [1.54, 1.807) is 24.5 Å². The number of nitrogens with one attached hydrogen (secondary N) is 1. The predicted molar refractivity (Wildman–Crippen MR) is 103 cm³/mol. The van der Waals surface area contributed by atoms with Gasteiger partial charge in [-0.25, -0.2) is 4.98 Å². The van der Waals surface area contributed by atoms with Gasteiger partial charge in [-0.15, -0.1) is 11.3 Å². The van der Waals surface area contributed by atoms with E-state index in [-0.39, 0.29) is 35.5 Å². The molecular weight excluding hydrogens is 444 g/mol. The van der Waals surface area contributed by atoms with Crippen LogP contribution in [0.25, 0.3) is 0 Å². The van der Waals surface area contributed by atoms with E-state index < -0.39 is 23.5 Å². The third-order valence-electron chi connectivity index (χ3n) is 4.22. The standard InChI is InChI=1S/C20H15F6N3OS/c21-19(22,23)14-7-13(8-15(10-14)20(24,25)26)9-16-11-28-18(31-16)29-17(30)2-1-12-3-5-27-6-4-12/h3-8,10-11H,1-2,9H2,(H,28,29,30). The zero-order valence-electron chi connectivity index (χ0n) is 15.7. The Labute approximate surface area is 177 Å². The molecule has 1 N–H and O–H groups in total. The van der Waals surface area contributed by atoms with Crippen molar-refractivity contribution in [2.75, 3.05) is 5.32 Å². The molecule has 0 atom stereocenters. The van der Waals surface area contributed by atoms with Gasteiger partial charge >= 0.3 is 12.4 Å². The summed E-state index contributed by atoms with van der Waals surface area (Å²) in [6.07, 6.45) is -4.79. The fourth-order valence-electron chi connectivity index (χ4n) is 2.76. The van der Waals surface area contributed by atoms with Gasteiger partial charge in [-0.2, -0.15) is 26.3 Å². The first-order chi connectivity index (χ1) is 14.5. The number of halogens is 6. The number of alkyl halides is 6. The SMILES string of the molecule is O=C(CCc1ccncc1)Nc1ncc(Cc2cc(C(F)(F)F)cc(C(F)(F)F)c2)s1. The molecule has 0 saturated heterocycles. The van der Waals surface area contributed by atoms with Crippen LogP contribution < -0.4 is 5.32 Å². The second-order valence-corrected chi connectivity index (χ2v) is 7.74. The van der Waals surface area contributed by atoms with Gasteiger partial charge in [0.25, 0.3) is 0 Å². The number of pyridine rings is 1. The van der Waals surface area contributed by atoms with E-state index in [4.69, 9.17) is 0 Å². The van der Waals surface area contributed by atoms with Crippen molar-refractivity contribution in [2.24, 2.45) is 0 Å². The molecule has 1 amide bonds. The number of carbonyl (C=O) groups is 1. The molecule has 0 bridgehead atoms. The highest BCUT2D eigenvalue weighted by molar-refractivity contribution is 7.15. The first-order valence-corrected chi connectivity index (χ1v) is 9.74. The van der Waals surface area contributed by atoms with Crippen molar-refractivity contribution in [2.45, 2.75) is 31.6 Å². The molecule has 0 radical (unpaired) electrons. The highest BCUT2D eigenvalue weighted by Gasteiger charge is 2.36. The second-order valence-electron chi connectivity index (χ2n) is 6.63. The number of anilines is 1. The predicted octanol–water partition coefficient (Wildman–Crippen LogP) is 5.74. The summed E-state index contributed by atoms with van der Waals surface area (Å²) in [7, 11) is 0. The second kappa shape index (κ2) is 9.04. The molecule has 0 saturated carbocycles. The maximum Gasteiger partial charge on any atom is 0.416 e. The topological polar surface area (TPSA) is 54.9 Å². The van der Waals surface area contributed by atoms with Crippen LogP contribution in [0.3, 0.4) is 0 Å². The van der Waals surface area contributed by atoms with E-state index in [1.165, 1.54) is 6.20 Å². The summed E-state index contributed by atoms with van der Waals surface area (Å²) in [6.45, 7) is 0. The van der Waals surface area contributed by atoms with E-state index in [2.05, 4.69) is 15.3 Å². The molecule has 0 unspecified atom stereocenters. The van der Waals surface area contributed by atoms with Crippen LogP contribution in [0.5, 0.6) is 0 Å². The van der Waals surface area contributed by atoms with Crippen molar-refractivity contribution in [3.05, 3.63) is 76.1 Å². The van der Waals surface area contributed by atoms with Crippen molar-refractivity contribution < 1.29 is 31.1 Å². The van der Waals surface area contributed by atoms with Gasteiger partial charge in [0.1, 0.15) is 0 Å². The van der Waals surface area contributed by atoms with Crippen LogP contribution in [0.15, 0.2) is 48.9 Å². The molecule has 3 rings (SSSR count). The Bertz CT molecular complexity index is 1010. The Morgan fingerprint density at radius 3 is 2.13 bits per heavy atom. The monoisotopic (exact) mass is 459 g/mol. The summed E-state index contributed by atoms with van der Waals surface area (Å²) < 4.78 is 77.9. The lowest BCUT2D eigenvalue weighted by atomic mass is 10.0. The van der Waals surface area contributed by atoms with E-state index in [0.717, 1.165) is 16.9 Å². The molecule has 2 heterocycles.